The molecule has 0 aliphatic carbocycles. The predicted octanol–water partition coefficient (Wildman–Crippen LogP) is -0.858. The zero-order valence-electron chi connectivity index (χ0n) is 7.38. The molecule has 0 saturated heterocycles. The third-order valence-corrected chi connectivity index (χ3v) is 2.06. The van der Waals surface area contributed by atoms with E-state index < -0.39 is 0 Å². The zero-order chi connectivity index (χ0) is 9.40. The first-order valence-electron chi connectivity index (χ1n) is 3.94. The van der Waals surface area contributed by atoms with Crippen LogP contribution in [0.5, 0.6) is 0 Å². The van der Waals surface area contributed by atoms with E-state index in [1.807, 2.05) is 6.26 Å². The fraction of sp³-hybridized carbons (Fsp3) is 0.857. The average molecular weight is 191 g/mol. The van der Waals surface area contributed by atoms with E-state index in [0.717, 1.165) is 12.2 Å². The molecule has 5 N–H and O–H groups in total. The van der Waals surface area contributed by atoms with Crippen molar-refractivity contribution in [3.8, 4) is 0 Å². The number of thioether (sulfide) groups is 1. The summed E-state index contributed by atoms with van der Waals surface area (Å²) in [6.45, 7) is 0.965. The molecule has 0 spiro atoms. The van der Waals surface area contributed by atoms with Gasteiger partial charge in [0.1, 0.15) is 0 Å². The van der Waals surface area contributed by atoms with E-state index in [-0.39, 0.29) is 11.9 Å². The maximum absolute atomic E-state index is 11.1. The van der Waals surface area contributed by atoms with Crippen LogP contribution in [0.25, 0.3) is 0 Å². The molecule has 0 aromatic rings. The Hall–Kier alpha value is -0.260. The van der Waals surface area contributed by atoms with E-state index in [1.54, 1.807) is 11.8 Å². The van der Waals surface area contributed by atoms with Gasteiger partial charge >= 0.3 is 0 Å². The average Bonchev–Trinajstić information content (AvgIpc) is 2.10. The van der Waals surface area contributed by atoms with Gasteiger partial charge in [0.05, 0.1) is 6.04 Å². The Kier molecular flexibility index (Phi) is 7.23. The summed E-state index contributed by atoms with van der Waals surface area (Å²) < 4.78 is 0. The fourth-order valence-corrected chi connectivity index (χ4v) is 1.19. The van der Waals surface area contributed by atoms with E-state index in [4.69, 9.17) is 11.5 Å². The first kappa shape index (κ1) is 11.7. The number of nitrogens with one attached hydrogen (secondary N) is 1. The summed E-state index contributed by atoms with van der Waals surface area (Å²) in [6, 6.07) is -0.385. The lowest BCUT2D eigenvalue weighted by Crippen LogP contribution is -2.42. The number of rotatable bonds is 6. The molecule has 0 fully saturated rings. The Bertz CT molecular complexity index is 132. The molecule has 1 amide bonds. The molecule has 72 valence electrons. The molecule has 0 aromatic carbocycles. The second-order valence-electron chi connectivity index (χ2n) is 2.47. The second kappa shape index (κ2) is 7.39. The maximum Gasteiger partial charge on any atom is 0.236 e. The lowest BCUT2D eigenvalue weighted by atomic mass is 10.2. The molecule has 0 rings (SSSR count). The molecule has 0 heterocycles. The van der Waals surface area contributed by atoms with Gasteiger partial charge < -0.3 is 16.8 Å². The number of hydrogen-bond donors (Lipinski definition) is 3. The van der Waals surface area contributed by atoms with E-state index in [0.29, 0.717) is 13.1 Å². The third kappa shape index (κ3) is 5.40. The Balaban J connectivity index is 3.47. The summed E-state index contributed by atoms with van der Waals surface area (Å²) in [5.41, 5.74) is 10.8. The van der Waals surface area contributed by atoms with Crippen LogP contribution in [0.1, 0.15) is 6.42 Å². The van der Waals surface area contributed by atoms with E-state index in [2.05, 4.69) is 5.32 Å². The van der Waals surface area contributed by atoms with Gasteiger partial charge in [0, 0.05) is 13.1 Å². The Morgan fingerprint density at radius 2 is 2.33 bits per heavy atom. The molecular weight excluding hydrogens is 174 g/mol. The van der Waals surface area contributed by atoms with Crippen LogP contribution < -0.4 is 16.8 Å². The lowest BCUT2D eigenvalue weighted by Gasteiger charge is -2.10. The fourth-order valence-electron chi connectivity index (χ4n) is 0.702. The third-order valence-electron chi connectivity index (χ3n) is 1.41. The van der Waals surface area contributed by atoms with Gasteiger partial charge in [-0.2, -0.15) is 11.8 Å². The highest BCUT2D eigenvalue weighted by Gasteiger charge is 2.10. The largest absolute Gasteiger partial charge is 0.353 e. The maximum atomic E-state index is 11.1. The zero-order valence-corrected chi connectivity index (χ0v) is 8.19. The van der Waals surface area contributed by atoms with Crippen LogP contribution in [0.15, 0.2) is 0 Å². The van der Waals surface area contributed by atoms with Crippen molar-refractivity contribution in [2.24, 2.45) is 11.5 Å². The molecule has 4 nitrogen and oxygen atoms in total. The van der Waals surface area contributed by atoms with Gasteiger partial charge in [0.25, 0.3) is 0 Å². The van der Waals surface area contributed by atoms with Crippen molar-refractivity contribution in [3.63, 3.8) is 0 Å². The topological polar surface area (TPSA) is 81.1 Å². The number of amides is 1. The molecule has 0 aliphatic rings. The van der Waals surface area contributed by atoms with Crippen LogP contribution in [0.3, 0.4) is 0 Å². The molecule has 1 atom stereocenters. The molecule has 12 heavy (non-hydrogen) atoms. The second-order valence-corrected chi connectivity index (χ2v) is 3.45. The highest BCUT2D eigenvalue weighted by atomic mass is 32.2. The summed E-state index contributed by atoms with van der Waals surface area (Å²) in [5, 5.41) is 2.64. The van der Waals surface area contributed by atoms with Gasteiger partial charge in [0.15, 0.2) is 0 Å². The first-order valence-corrected chi connectivity index (χ1v) is 5.34. The minimum absolute atomic E-state index is 0.102. The molecule has 0 radical (unpaired) electrons. The van der Waals surface area contributed by atoms with Crippen LogP contribution in [-0.4, -0.2) is 37.0 Å². The summed E-state index contributed by atoms with van der Waals surface area (Å²) >= 11 is 1.69. The Morgan fingerprint density at radius 3 is 2.83 bits per heavy atom. The molecular formula is C7H17N3OS. The van der Waals surface area contributed by atoms with Crippen molar-refractivity contribution in [1.29, 1.82) is 0 Å². The summed E-state index contributed by atoms with van der Waals surface area (Å²) in [4.78, 5) is 11.1. The smallest absolute Gasteiger partial charge is 0.236 e. The minimum atomic E-state index is -0.385. The number of hydrogen-bond acceptors (Lipinski definition) is 4. The van der Waals surface area contributed by atoms with Gasteiger partial charge in [-0.15, -0.1) is 0 Å². The van der Waals surface area contributed by atoms with Crippen molar-refractivity contribution >= 4 is 17.7 Å². The standard InChI is InChI=1S/C7H17N3OS/c1-12-5-2-6(9)7(11)10-4-3-8/h6H,2-5,8-9H2,1H3,(H,10,11)/t6-/m1/s1. The van der Waals surface area contributed by atoms with Crippen LogP contribution >= 0.6 is 11.8 Å². The van der Waals surface area contributed by atoms with Crippen LogP contribution in [-0.2, 0) is 4.79 Å². The molecule has 0 unspecified atom stereocenters. The van der Waals surface area contributed by atoms with Crippen LogP contribution in [0, 0.1) is 0 Å². The highest BCUT2D eigenvalue weighted by molar-refractivity contribution is 7.98. The Morgan fingerprint density at radius 1 is 1.67 bits per heavy atom. The number of nitrogens with two attached hydrogens (primary N) is 2. The van der Waals surface area contributed by atoms with E-state index in [1.165, 1.54) is 0 Å². The lowest BCUT2D eigenvalue weighted by molar-refractivity contribution is -0.122. The monoisotopic (exact) mass is 191 g/mol. The summed E-state index contributed by atoms with van der Waals surface area (Å²) in [6.07, 6.45) is 2.71. The van der Waals surface area contributed by atoms with Crippen molar-refractivity contribution < 1.29 is 4.79 Å². The van der Waals surface area contributed by atoms with Crippen molar-refractivity contribution in [2.45, 2.75) is 12.5 Å². The molecule has 0 saturated carbocycles. The Labute approximate surface area is 77.4 Å². The van der Waals surface area contributed by atoms with Gasteiger partial charge in [-0.05, 0) is 18.4 Å². The summed E-state index contributed by atoms with van der Waals surface area (Å²) in [5.74, 6) is 0.812. The van der Waals surface area contributed by atoms with Crippen molar-refractivity contribution in [1.82, 2.24) is 5.32 Å². The molecule has 0 aromatic heterocycles. The van der Waals surface area contributed by atoms with E-state index in [9.17, 15) is 4.79 Å². The first-order chi connectivity index (χ1) is 5.72. The minimum Gasteiger partial charge on any atom is -0.353 e. The summed E-state index contributed by atoms with van der Waals surface area (Å²) in [7, 11) is 0. The van der Waals surface area contributed by atoms with Gasteiger partial charge in [0.2, 0.25) is 5.91 Å². The van der Waals surface area contributed by atoms with Gasteiger partial charge in [-0.1, -0.05) is 0 Å². The molecule has 5 heteroatoms. The van der Waals surface area contributed by atoms with Gasteiger partial charge in [-0.3, -0.25) is 4.79 Å². The van der Waals surface area contributed by atoms with Gasteiger partial charge in [-0.25, -0.2) is 0 Å². The number of carbonyl (C=O) groups is 1. The predicted molar refractivity (Wildman–Crippen MR) is 53.0 cm³/mol. The quantitative estimate of drug-likeness (QED) is 0.510. The van der Waals surface area contributed by atoms with Crippen LogP contribution in [0.2, 0.25) is 0 Å². The molecule has 0 aliphatic heterocycles. The molecule has 0 bridgehead atoms. The van der Waals surface area contributed by atoms with Crippen molar-refractivity contribution in [2.75, 3.05) is 25.1 Å². The van der Waals surface area contributed by atoms with Crippen molar-refractivity contribution in [3.05, 3.63) is 0 Å². The van der Waals surface area contributed by atoms with Crippen LogP contribution in [0.4, 0.5) is 0 Å². The highest BCUT2D eigenvalue weighted by Crippen LogP contribution is 1.98. The SMILES string of the molecule is CSCC[C@@H](N)C(=O)NCCN. The normalized spacial score (nSPS) is 12.6. The number of carbonyl (C=O) groups excluding carboxylic acids is 1. The van der Waals surface area contributed by atoms with E-state index >= 15 is 0 Å².